The van der Waals surface area contributed by atoms with Gasteiger partial charge in [-0.05, 0) is 29.8 Å². The number of nitrogens with one attached hydrogen (secondary N) is 2. The smallest absolute Gasteiger partial charge is 0.265 e. The van der Waals surface area contributed by atoms with Crippen molar-refractivity contribution in [2.45, 2.75) is 12.5 Å². The molecule has 1 heterocycles. The van der Waals surface area contributed by atoms with Crippen LogP contribution in [-0.2, 0) is 16.0 Å². The van der Waals surface area contributed by atoms with Crippen LogP contribution >= 0.6 is 0 Å². The molecule has 7 heteroatoms. The Morgan fingerprint density at radius 3 is 2.67 bits per heavy atom. The largest absolute Gasteiger partial charge is 0.480 e. The van der Waals surface area contributed by atoms with Gasteiger partial charge in [-0.2, -0.15) is 0 Å². The van der Waals surface area contributed by atoms with Crippen LogP contribution in [0.3, 0.4) is 0 Å². The van der Waals surface area contributed by atoms with Gasteiger partial charge in [0.2, 0.25) is 5.91 Å². The minimum atomic E-state index is -0.599. The lowest BCUT2D eigenvalue weighted by Crippen LogP contribution is -2.37. The third-order valence-corrected chi connectivity index (χ3v) is 4.32. The summed E-state index contributed by atoms with van der Waals surface area (Å²) in [6, 6.07) is 14.2. The van der Waals surface area contributed by atoms with E-state index in [0.717, 1.165) is 11.3 Å². The van der Waals surface area contributed by atoms with Crippen LogP contribution in [0.1, 0.15) is 15.9 Å². The number of nitrogens with zero attached hydrogens (tertiary/aromatic N) is 1. The maximum atomic E-state index is 12.5. The second-order valence-corrected chi connectivity index (χ2v) is 6.32. The van der Waals surface area contributed by atoms with Gasteiger partial charge in [-0.1, -0.05) is 24.3 Å². The first-order chi connectivity index (χ1) is 13.0. The van der Waals surface area contributed by atoms with E-state index < -0.39 is 6.10 Å². The predicted molar refractivity (Wildman–Crippen MR) is 101 cm³/mol. The Kier molecular flexibility index (Phi) is 5.40. The Bertz CT molecular complexity index is 856. The number of rotatable bonds is 5. The quantitative estimate of drug-likeness (QED) is 0.837. The second-order valence-electron chi connectivity index (χ2n) is 6.32. The highest BCUT2D eigenvalue weighted by molar-refractivity contribution is 5.99. The molecule has 0 aromatic heterocycles. The molecule has 0 unspecified atom stereocenters. The topological polar surface area (TPSA) is 87.7 Å². The molecule has 0 aliphatic carbocycles. The van der Waals surface area contributed by atoms with Crippen molar-refractivity contribution in [3.8, 4) is 5.75 Å². The first kappa shape index (κ1) is 18.4. The van der Waals surface area contributed by atoms with Crippen molar-refractivity contribution >= 4 is 23.4 Å². The second kappa shape index (κ2) is 7.90. The average molecular weight is 367 g/mol. The van der Waals surface area contributed by atoms with E-state index >= 15 is 0 Å². The molecule has 1 atom stereocenters. The Labute approximate surface area is 157 Å². The van der Waals surface area contributed by atoms with Gasteiger partial charge in [-0.15, -0.1) is 0 Å². The minimum absolute atomic E-state index is 0.0416. The van der Waals surface area contributed by atoms with Crippen molar-refractivity contribution in [3.63, 3.8) is 0 Å². The summed E-state index contributed by atoms with van der Waals surface area (Å²) >= 11 is 0. The third kappa shape index (κ3) is 4.25. The third-order valence-electron chi connectivity index (χ3n) is 4.32. The van der Waals surface area contributed by atoms with Gasteiger partial charge in [0.25, 0.3) is 11.8 Å². The molecule has 0 saturated heterocycles. The zero-order chi connectivity index (χ0) is 19.4. The predicted octanol–water partition coefficient (Wildman–Crippen LogP) is 1.45. The van der Waals surface area contributed by atoms with Gasteiger partial charge < -0.3 is 20.3 Å². The molecule has 2 aromatic rings. The number of anilines is 1. The van der Waals surface area contributed by atoms with Crippen molar-refractivity contribution in [2.24, 2.45) is 0 Å². The van der Waals surface area contributed by atoms with Gasteiger partial charge in [0.05, 0.1) is 6.54 Å². The number of benzene rings is 2. The van der Waals surface area contributed by atoms with Crippen LogP contribution in [0.4, 0.5) is 5.69 Å². The van der Waals surface area contributed by atoms with E-state index in [4.69, 9.17) is 4.74 Å². The van der Waals surface area contributed by atoms with Gasteiger partial charge in [0, 0.05) is 31.8 Å². The zero-order valence-electron chi connectivity index (χ0n) is 15.2. The Balaban J connectivity index is 1.65. The van der Waals surface area contributed by atoms with Crippen LogP contribution in [-0.4, -0.2) is 49.4 Å². The normalized spacial score (nSPS) is 14.7. The van der Waals surface area contributed by atoms with Crippen molar-refractivity contribution in [1.82, 2.24) is 10.2 Å². The number of hydrogen-bond donors (Lipinski definition) is 2. The molecule has 0 bridgehead atoms. The van der Waals surface area contributed by atoms with Gasteiger partial charge in [0.1, 0.15) is 5.75 Å². The van der Waals surface area contributed by atoms with Gasteiger partial charge >= 0.3 is 0 Å². The van der Waals surface area contributed by atoms with E-state index in [1.807, 2.05) is 24.3 Å². The fourth-order valence-corrected chi connectivity index (χ4v) is 2.87. The van der Waals surface area contributed by atoms with Crippen molar-refractivity contribution in [1.29, 1.82) is 0 Å². The van der Waals surface area contributed by atoms with Crippen LogP contribution in [0, 0.1) is 0 Å². The SMILES string of the molecule is CNC(=O)CN(C)C(=O)c1cccc(NC(=O)[C@@H]2Cc3ccccc3O2)c1. The molecule has 0 saturated carbocycles. The van der Waals surface area contributed by atoms with E-state index in [9.17, 15) is 14.4 Å². The Hall–Kier alpha value is -3.35. The number of likely N-dealkylation sites (N-methyl/N-ethyl adjacent to an activating group) is 2. The Morgan fingerprint density at radius 2 is 1.93 bits per heavy atom. The van der Waals surface area contributed by atoms with Gasteiger partial charge in [-0.25, -0.2) is 0 Å². The molecule has 0 fully saturated rings. The standard InChI is InChI=1S/C20H21N3O4/c1-21-18(24)12-23(2)20(26)14-7-5-8-15(10-14)22-19(25)17-11-13-6-3-4-9-16(13)27-17/h3-10,17H,11-12H2,1-2H3,(H,21,24)(H,22,25)/t17-/m0/s1. The average Bonchev–Trinajstić information content (AvgIpc) is 3.12. The summed E-state index contributed by atoms with van der Waals surface area (Å²) in [5.74, 6) is -0.112. The maximum Gasteiger partial charge on any atom is 0.265 e. The molecule has 140 valence electrons. The minimum Gasteiger partial charge on any atom is -0.480 e. The molecule has 0 spiro atoms. The molecule has 1 aliphatic rings. The summed E-state index contributed by atoms with van der Waals surface area (Å²) in [7, 11) is 3.06. The van der Waals surface area contributed by atoms with E-state index in [1.54, 1.807) is 31.3 Å². The Morgan fingerprint density at radius 1 is 1.15 bits per heavy atom. The van der Waals surface area contributed by atoms with Crippen LogP contribution in [0.5, 0.6) is 5.75 Å². The van der Waals surface area contributed by atoms with Gasteiger partial charge in [0.15, 0.2) is 6.10 Å². The molecule has 0 radical (unpaired) electrons. The molecule has 27 heavy (non-hydrogen) atoms. The molecule has 1 aliphatic heterocycles. The number of carbonyl (C=O) groups is 3. The van der Waals surface area contributed by atoms with Crippen LogP contribution < -0.4 is 15.4 Å². The highest BCUT2D eigenvalue weighted by Crippen LogP contribution is 2.28. The summed E-state index contributed by atoms with van der Waals surface area (Å²) in [5, 5.41) is 5.27. The van der Waals surface area contributed by atoms with E-state index in [-0.39, 0.29) is 24.3 Å². The molecule has 3 rings (SSSR count). The van der Waals surface area contributed by atoms with Crippen LogP contribution in [0.15, 0.2) is 48.5 Å². The summed E-state index contributed by atoms with van der Waals surface area (Å²) in [6.45, 7) is -0.0416. The summed E-state index contributed by atoms with van der Waals surface area (Å²) in [5.41, 5.74) is 1.88. The van der Waals surface area contributed by atoms with Crippen LogP contribution in [0.2, 0.25) is 0 Å². The van der Waals surface area contributed by atoms with Crippen molar-refractivity contribution in [3.05, 3.63) is 59.7 Å². The van der Waals surface area contributed by atoms with E-state index in [1.165, 1.54) is 11.9 Å². The zero-order valence-corrected chi connectivity index (χ0v) is 15.2. The molecular weight excluding hydrogens is 346 g/mol. The first-order valence-corrected chi connectivity index (χ1v) is 8.59. The molecule has 3 amide bonds. The van der Waals surface area contributed by atoms with Crippen molar-refractivity contribution in [2.75, 3.05) is 26.0 Å². The van der Waals surface area contributed by atoms with Gasteiger partial charge in [-0.3, -0.25) is 14.4 Å². The lowest BCUT2D eigenvalue weighted by atomic mass is 10.1. The highest BCUT2D eigenvalue weighted by atomic mass is 16.5. The fourth-order valence-electron chi connectivity index (χ4n) is 2.87. The van der Waals surface area contributed by atoms with E-state index in [2.05, 4.69) is 10.6 Å². The summed E-state index contributed by atoms with van der Waals surface area (Å²) < 4.78 is 5.68. The van der Waals surface area contributed by atoms with Crippen LogP contribution in [0.25, 0.3) is 0 Å². The number of ether oxygens (including phenoxy) is 1. The first-order valence-electron chi connectivity index (χ1n) is 8.59. The monoisotopic (exact) mass is 367 g/mol. The molecular formula is C20H21N3O4. The summed E-state index contributed by atoms with van der Waals surface area (Å²) in [4.78, 5) is 37.7. The highest BCUT2D eigenvalue weighted by Gasteiger charge is 2.28. The lowest BCUT2D eigenvalue weighted by molar-refractivity contribution is -0.122. The molecule has 2 aromatic carbocycles. The number of hydrogen-bond acceptors (Lipinski definition) is 4. The number of amides is 3. The number of fused-ring (bicyclic) bond motifs is 1. The van der Waals surface area contributed by atoms with Crippen molar-refractivity contribution < 1.29 is 19.1 Å². The lowest BCUT2D eigenvalue weighted by Gasteiger charge is -2.17. The maximum absolute atomic E-state index is 12.5. The fraction of sp³-hybridized carbons (Fsp3) is 0.250. The van der Waals surface area contributed by atoms with E-state index in [0.29, 0.717) is 17.7 Å². The number of carbonyl (C=O) groups excluding carboxylic acids is 3. The number of para-hydroxylation sites is 1. The molecule has 7 nitrogen and oxygen atoms in total. The summed E-state index contributed by atoms with van der Waals surface area (Å²) in [6.07, 6.45) is -0.0899. The molecule has 2 N–H and O–H groups in total.